The average Bonchev–Trinajstić information content (AvgIpc) is 2.50. The molecule has 0 aliphatic carbocycles. The molecule has 1 atom stereocenters. The lowest BCUT2D eigenvalue weighted by molar-refractivity contribution is 0.450. The molecule has 0 radical (unpaired) electrons. The van der Waals surface area contributed by atoms with Gasteiger partial charge in [0.1, 0.15) is 0 Å². The smallest absolute Gasteiger partial charge is 0.00412 e. The maximum Gasteiger partial charge on any atom is 0.00412 e. The van der Waals surface area contributed by atoms with Crippen LogP contribution in [0.2, 0.25) is 0 Å². The predicted molar refractivity (Wildman–Crippen MR) is 107 cm³/mol. The summed E-state index contributed by atoms with van der Waals surface area (Å²) in [6.45, 7) is 6.83. The normalized spacial score (nSPS) is 12.9. The fourth-order valence-electron chi connectivity index (χ4n) is 3.50. The molecule has 0 aromatic heterocycles. The molecular formula is C22H47N. The summed E-state index contributed by atoms with van der Waals surface area (Å²) in [5, 5.41) is 0. The molecule has 0 aromatic carbocycles. The zero-order valence-electron chi connectivity index (χ0n) is 16.8. The second-order valence-electron chi connectivity index (χ2n) is 8.13. The highest BCUT2D eigenvalue weighted by Crippen LogP contribution is 2.15. The molecule has 0 aliphatic rings. The van der Waals surface area contributed by atoms with Crippen LogP contribution >= 0.6 is 0 Å². The van der Waals surface area contributed by atoms with Gasteiger partial charge in [0.05, 0.1) is 0 Å². The molecule has 0 fully saturated rings. The molecule has 0 amide bonds. The maximum absolute atomic E-state index is 6.13. The van der Waals surface area contributed by atoms with Crippen molar-refractivity contribution in [2.75, 3.05) is 0 Å². The van der Waals surface area contributed by atoms with Crippen LogP contribution in [0.1, 0.15) is 130 Å². The van der Waals surface area contributed by atoms with E-state index in [2.05, 4.69) is 20.8 Å². The van der Waals surface area contributed by atoms with Crippen LogP contribution in [0.3, 0.4) is 0 Å². The number of unbranched alkanes of at least 4 members (excludes halogenated alkanes) is 14. The molecule has 0 saturated carbocycles. The van der Waals surface area contributed by atoms with Gasteiger partial charge in [-0.25, -0.2) is 0 Å². The van der Waals surface area contributed by atoms with Gasteiger partial charge in [-0.1, -0.05) is 117 Å². The van der Waals surface area contributed by atoms with Crippen LogP contribution in [0.15, 0.2) is 0 Å². The first-order chi connectivity index (χ1) is 11.2. The molecule has 0 rings (SSSR count). The van der Waals surface area contributed by atoms with Crippen LogP contribution in [0.25, 0.3) is 0 Å². The molecule has 0 saturated heterocycles. The molecule has 2 N–H and O–H groups in total. The summed E-state index contributed by atoms with van der Waals surface area (Å²) in [6, 6.07) is 0.442. The predicted octanol–water partition coefficient (Wildman–Crippen LogP) is 7.62. The monoisotopic (exact) mass is 325 g/mol. The fourth-order valence-corrected chi connectivity index (χ4v) is 3.50. The summed E-state index contributed by atoms with van der Waals surface area (Å²) in [4.78, 5) is 0. The van der Waals surface area contributed by atoms with E-state index in [0.717, 1.165) is 5.92 Å². The molecule has 23 heavy (non-hydrogen) atoms. The Morgan fingerprint density at radius 1 is 0.565 bits per heavy atom. The van der Waals surface area contributed by atoms with Gasteiger partial charge >= 0.3 is 0 Å². The maximum atomic E-state index is 6.13. The summed E-state index contributed by atoms with van der Waals surface area (Å²) >= 11 is 0. The van der Waals surface area contributed by atoms with E-state index in [1.807, 2.05) is 0 Å². The van der Waals surface area contributed by atoms with Crippen LogP contribution in [-0.4, -0.2) is 6.04 Å². The van der Waals surface area contributed by atoms with E-state index >= 15 is 0 Å². The van der Waals surface area contributed by atoms with Crippen molar-refractivity contribution in [3.05, 3.63) is 0 Å². The Labute approximate surface area is 148 Å². The number of nitrogens with two attached hydrogens (primary N) is 1. The van der Waals surface area contributed by atoms with Gasteiger partial charge in [-0.2, -0.15) is 0 Å². The highest BCUT2D eigenvalue weighted by Gasteiger charge is 2.04. The van der Waals surface area contributed by atoms with Gasteiger partial charge in [0.15, 0.2) is 0 Å². The Balaban J connectivity index is 3.05. The van der Waals surface area contributed by atoms with E-state index in [0.29, 0.717) is 6.04 Å². The molecule has 1 unspecified atom stereocenters. The van der Waals surface area contributed by atoms with Crippen LogP contribution in [0, 0.1) is 5.92 Å². The summed E-state index contributed by atoms with van der Waals surface area (Å²) in [6.07, 6.45) is 24.0. The second-order valence-corrected chi connectivity index (χ2v) is 8.13. The first-order valence-corrected chi connectivity index (χ1v) is 10.9. The average molecular weight is 326 g/mol. The minimum Gasteiger partial charge on any atom is -0.328 e. The van der Waals surface area contributed by atoms with Crippen molar-refractivity contribution < 1.29 is 0 Å². The highest BCUT2D eigenvalue weighted by atomic mass is 14.6. The van der Waals surface area contributed by atoms with Crippen molar-refractivity contribution in [2.24, 2.45) is 11.7 Å². The molecule has 1 nitrogen and oxygen atoms in total. The molecule has 0 bridgehead atoms. The van der Waals surface area contributed by atoms with E-state index < -0.39 is 0 Å². The first kappa shape index (κ1) is 23.0. The summed E-state index contributed by atoms with van der Waals surface area (Å²) in [5.74, 6) is 0.751. The zero-order chi connectivity index (χ0) is 17.2. The Bertz CT molecular complexity index is 212. The molecule has 0 aromatic rings. The Morgan fingerprint density at radius 3 is 1.26 bits per heavy atom. The van der Waals surface area contributed by atoms with E-state index in [-0.39, 0.29) is 0 Å². The van der Waals surface area contributed by atoms with Gasteiger partial charge < -0.3 is 5.73 Å². The first-order valence-electron chi connectivity index (χ1n) is 10.9. The van der Waals surface area contributed by atoms with Crippen LogP contribution < -0.4 is 5.73 Å². The quantitative estimate of drug-likeness (QED) is 0.258. The van der Waals surface area contributed by atoms with Gasteiger partial charge in [-0.05, 0) is 18.8 Å². The number of rotatable bonds is 18. The van der Waals surface area contributed by atoms with E-state index in [9.17, 15) is 0 Å². The molecule has 1 heteroatoms. The van der Waals surface area contributed by atoms with Crippen molar-refractivity contribution in [2.45, 2.75) is 136 Å². The topological polar surface area (TPSA) is 26.0 Å². The molecule has 0 aliphatic heterocycles. The minimum atomic E-state index is 0.442. The Kier molecular flexibility index (Phi) is 18.3. The second kappa shape index (κ2) is 18.3. The number of hydrogen-bond acceptors (Lipinski definition) is 1. The zero-order valence-corrected chi connectivity index (χ0v) is 16.8. The standard InChI is InChI=1S/C22H47N/c1-4-5-6-7-8-9-10-11-12-13-14-15-16-17-18-19-22(23)20-21(2)3/h21-22H,4-20,23H2,1-3H3. The summed E-state index contributed by atoms with van der Waals surface area (Å²) in [5.41, 5.74) is 6.13. The van der Waals surface area contributed by atoms with Gasteiger partial charge in [0, 0.05) is 6.04 Å². The van der Waals surface area contributed by atoms with Crippen molar-refractivity contribution in [1.29, 1.82) is 0 Å². The van der Waals surface area contributed by atoms with Crippen molar-refractivity contribution >= 4 is 0 Å². The third-order valence-corrected chi connectivity index (χ3v) is 4.95. The molecular weight excluding hydrogens is 278 g/mol. The van der Waals surface area contributed by atoms with E-state index in [1.165, 1.54) is 109 Å². The largest absolute Gasteiger partial charge is 0.328 e. The fraction of sp³-hybridized carbons (Fsp3) is 1.00. The molecule has 0 spiro atoms. The highest BCUT2D eigenvalue weighted by molar-refractivity contribution is 4.63. The van der Waals surface area contributed by atoms with E-state index in [4.69, 9.17) is 5.73 Å². The SMILES string of the molecule is CCCCCCCCCCCCCCCCCC(N)CC(C)C. The van der Waals surface area contributed by atoms with Crippen molar-refractivity contribution in [3.8, 4) is 0 Å². The third kappa shape index (κ3) is 19.9. The third-order valence-electron chi connectivity index (χ3n) is 4.95. The summed E-state index contributed by atoms with van der Waals surface area (Å²) < 4.78 is 0. The van der Waals surface area contributed by atoms with Crippen molar-refractivity contribution in [3.63, 3.8) is 0 Å². The van der Waals surface area contributed by atoms with Gasteiger partial charge in [0.25, 0.3) is 0 Å². The van der Waals surface area contributed by atoms with Crippen LogP contribution in [-0.2, 0) is 0 Å². The lowest BCUT2D eigenvalue weighted by atomic mass is 9.98. The van der Waals surface area contributed by atoms with Crippen molar-refractivity contribution in [1.82, 2.24) is 0 Å². The molecule has 0 heterocycles. The lowest BCUT2D eigenvalue weighted by Gasteiger charge is -2.13. The molecule has 140 valence electrons. The summed E-state index contributed by atoms with van der Waals surface area (Å²) in [7, 11) is 0. The van der Waals surface area contributed by atoms with Crippen LogP contribution in [0.5, 0.6) is 0 Å². The van der Waals surface area contributed by atoms with Gasteiger partial charge in [-0.3, -0.25) is 0 Å². The van der Waals surface area contributed by atoms with Gasteiger partial charge in [-0.15, -0.1) is 0 Å². The van der Waals surface area contributed by atoms with Crippen LogP contribution in [0.4, 0.5) is 0 Å². The Hall–Kier alpha value is -0.0400. The number of hydrogen-bond donors (Lipinski definition) is 1. The minimum absolute atomic E-state index is 0.442. The van der Waals surface area contributed by atoms with E-state index in [1.54, 1.807) is 0 Å². The van der Waals surface area contributed by atoms with Gasteiger partial charge in [0.2, 0.25) is 0 Å². The lowest BCUT2D eigenvalue weighted by Crippen LogP contribution is -2.21. The Morgan fingerprint density at radius 2 is 0.913 bits per heavy atom.